The molecule has 0 spiro atoms. The molecule has 0 radical (unpaired) electrons. The van der Waals surface area contributed by atoms with Gasteiger partial charge in [-0.1, -0.05) is 6.07 Å². The van der Waals surface area contributed by atoms with Crippen LogP contribution in [-0.2, 0) is 13.6 Å². The van der Waals surface area contributed by atoms with Crippen molar-refractivity contribution in [2.45, 2.75) is 45.7 Å². The van der Waals surface area contributed by atoms with Gasteiger partial charge in [0.15, 0.2) is 5.85 Å². The zero-order chi connectivity index (χ0) is 15.5. The summed E-state index contributed by atoms with van der Waals surface area (Å²) in [6.45, 7) is 6.34. The van der Waals surface area contributed by atoms with Gasteiger partial charge in [-0.15, -0.1) is 0 Å². The van der Waals surface area contributed by atoms with E-state index in [0.29, 0.717) is 0 Å². The largest absolute Gasteiger partial charge is 0.376 e. The summed E-state index contributed by atoms with van der Waals surface area (Å²) in [6, 6.07) is 3.09. The Bertz CT molecular complexity index is 471. The van der Waals surface area contributed by atoms with Gasteiger partial charge >= 0.3 is 7.60 Å². The van der Waals surface area contributed by atoms with E-state index in [2.05, 4.69) is 0 Å². The molecule has 0 heterocycles. The highest BCUT2D eigenvalue weighted by Crippen LogP contribution is 2.61. The number of halogens is 2. The average Bonchev–Trinajstić information content (AvgIpc) is 2.25. The second kappa shape index (κ2) is 6.76. The van der Waals surface area contributed by atoms with E-state index in [1.165, 1.54) is 0 Å². The monoisotopic (exact) mass is 308 g/mol. The maximum absolute atomic E-state index is 13.7. The molecule has 0 amide bonds. The first-order valence-electron chi connectivity index (χ1n) is 6.26. The summed E-state index contributed by atoms with van der Waals surface area (Å²) in [6.07, 6.45) is -1.08. The van der Waals surface area contributed by atoms with E-state index in [1.807, 2.05) is 0 Å². The predicted octanol–water partition coefficient (Wildman–Crippen LogP) is 4.00. The maximum atomic E-state index is 13.7. The lowest BCUT2D eigenvalue weighted by Gasteiger charge is -2.27. The van der Waals surface area contributed by atoms with Crippen LogP contribution in [0.3, 0.4) is 0 Å². The Morgan fingerprint density at radius 2 is 1.45 bits per heavy atom. The molecular weight excluding hydrogens is 289 g/mol. The van der Waals surface area contributed by atoms with Crippen LogP contribution in [0.5, 0.6) is 0 Å². The van der Waals surface area contributed by atoms with Gasteiger partial charge in [-0.2, -0.15) is 0 Å². The zero-order valence-corrected chi connectivity index (χ0v) is 12.7. The Balaban J connectivity index is 3.23. The smallest absolute Gasteiger partial charge is 0.364 e. The minimum atomic E-state index is -4.12. The first-order chi connectivity index (χ1) is 9.17. The van der Waals surface area contributed by atoms with Crippen molar-refractivity contribution in [1.82, 2.24) is 0 Å². The molecule has 0 aromatic heterocycles. The van der Waals surface area contributed by atoms with Gasteiger partial charge in [0.25, 0.3) is 0 Å². The summed E-state index contributed by atoms with van der Waals surface area (Å²) in [7, 11) is -4.12. The molecule has 0 aliphatic carbocycles. The Labute approximate surface area is 117 Å². The molecule has 20 heavy (non-hydrogen) atoms. The molecule has 7 heteroatoms. The second-order valence-corrected chi connectivity index (χ2v) is 6.85. The minimum absolute atomic E-state index is 0.538. The van der Waals surface area contributed by atoms with Crippen LogP contribution >= 0.6 is 7.60 Å². The third-order valence-corrected chi connectivity index (χ3v) is 4.56. The molecule has 1 rings (SSSR count). The molecule has 114 valence electrons. The highest BCUT2D eigenvalue weighted by molar-refractivity contribution is 7.54. The highest BCUT2D eigenvalue weighted by atomic mass is 31.2. The van der Waals surface area contributed by atoms with Crippen LogP contribution in [0.1, 0.15) is 39.1 Å². The Morgan fingerprint density at radius 1 is 1.05 bits per heavy atom. The van der Waals surface area contributed by atoms with Gasteiger partial charge in [-0.05, 0) is 39.8 Å². The van der Waals surface area contributed by atoms with Crippen LogP contribution in [-0.4, -0.2) is 17.3 Å². The molecule has 0 fully saturated rings. The summed E-state index contributed by atoms with van der Waals surface area (Å²) in [5.41, 5.74) is -0.711. The first kappa shape index (κ1) is 17.2. The van der Waals surface area contributed by atoms with Gasteiger partial charge in [0, 0.05) is 0 Å². The van der Waals surface area contributed by atoms with E-state index in [0.717, 1.165) is 18.2 Å². The van der Waals surface area contributed by atoms with Crippen molar-refractivity contribution in [3.8, 4) is 0 Å². The number of aliphatic hydroxyl groups is 1. The number of benzene rings is 1. The summed E-state index contributed by atoms with van der Waals surface area (Å²) in [4.78, 5) is 0. The van der Waals surface area contributed by atoms with Crippen LogP contribution in [0, 0.1) is 11.6 Å². The molecule has 1 atom stereocenters. The molecule has 1 aromatic carbocycles. The Hall–Kier alpha value is -0.810. The van der Waals surface area contributed by atoms with Gasteiger partial charge in [0.2, 0.25) is 0 Å². The number of hydrogen-bond donors (Lipinski definition) is 1. The molecule has 1 aromatic rings. The van der Waals surface area contributed by atoms with Crippen LogP contribution in [0.2, 0.25) is 0 Å². The molecule has 1 N–H and O–H groups in total. The van der Waals surface area contributed by atoms with E-state index in [4.69, 9.17) is 9.05 Å². The summed E-state index contributed by atoms with van der Waals surface area (Å²) in [5, 5.41) is 10.1. The van der Waals surface area contributed by atoms with E-state index in [-0.39, 0.29) is 0 Å². The van der Waals surface area contributed by atoms with Crippen LogP contribution < -0.4 is 0 Å². The van der Waals surface area contributed by atoms with Gasteiger partial charge in [-0.3, -0.25) is 4.57 Å². The lowest BCUT2D eigenvalue weighted by Crippen LogP contribution is -2.15. The zero-order valence-electron chi connectivity index (χ0n) is 11.8. The molecule has 0 aliphatic rings. The van der Waals surface area contributed by atoms with Crippen molar-refractivity contribution in [3.05, 3.63) is 35.4 Å². The third kappa shape index (κ3) is 4.09. The second-order valence-electron chi connectivity index (χ2n) is 4.86. The normalized spacial score (nSPS) is 14.1. The number of rotatable bonds is 6. The fourth-order valence-electron chi connectivity index (χ4n) is 1.64. The van der Waals surface area contributed by atoms with Crippen molar-refractivity contribution in [3.63, 3.8) is 0 Å². The number of aliphatic hydroxyl groups excluding tert-OH is 1. The molecule has 0 saturated carbocycles. The van der Waals surface area contributed by atoms with E-state index >= 15 is 0 Å². The average molecular weight is 308 g/mol. The van der Waals surface area contributed by atoms with Crippen LogP contribution in [0.4, 0.5) is 8.78 Å². The fourth-order valence-corrected chi connectivity index (χ4v) is 3.66. The summed E-state index contributed by atoms with van der Waals surface area (Å²) >= 11 is 0. The summed E-state index contributed by atoms with van der Waals surface area (Å²) < 4.78 is 50.2. The SMILES string of the molecule is CC(C)OP(=O)(OC(C)C)[C@H](O)c1c(F)cccc1F. The van der Waals surface area contributed by atoms with Gasteiger partial charge in [0.1, 0.15) is 11.6 Å². The van der Waals surface area contributed by atoms with Crippen molar-refractivity contribution in [1.29, 1.82) is 0 Å². The molecule has 0 unspecified atom stereocenters. The Kier molecular flexibility index (Phi) is 5.83. The van der Waals surface area contributed by atoms with Gasteiger partial charge < -0.3 is 14.2 Å². The van der Waals surface area contributed by atoms with Gasteiger partial charge in [-0.25, -0.2) is 8.78 Å². The third-order valence-electron chi connectivity index (χ3n) is 2.27. The lowest BCUT2D eigenvalue weighted by atomic mass is 10.2. The molecule has 0 saturated heterocycles. The van der Waals surface area contributed by atoms with Crippen molar-refractivity contribution < 1.29 is 27.5 Å². The maximum Gasteiger partial charge on any atom is 0.364 e. The predicted molar refractivity (Wildman–Crippen MR) is 71.4 cm³/mol. The number of hydrogen-bond acceptors (Lipinski definition) is 4. The van der Waals surface area contributed by atoms with Crippen molar-refractivity contribution >= 4 is 7.60 Å². The quantitative estimate of drug-likeness (QED) is 0.807. The van der Waals surface area contributed by atoms with Crippen molar-refractivity contribution in [2.75, 3.05) is 0 Å². The van der Waals surface area contributed by atoms with Crippen molar-refractivity contribution in [2.24, 2.45) is 0 Å². The molecule has 0 aliphatic heterocycles. The Morgan fingerprint density at radius 3 is 1.80 bits per heavy atom. The first-order valence-corrected chi connectivity index (χ1v) is 7.87. The topological polar surface area (TPSA) is 55.8 Å². The van der Waals surface area contributed by atoms with E-state index in [1.54, 1.807) is 27.7 Å². The lowest BCUT2D eigenvalue weighted by molar-refractivity contribution is 0.0986. The van der Waals surface area contributed by atoms with Crippen LogP contribution in [0.25, 0.3) is 0 Å². The standard InChI is InChI=1S/C13H19F2O4P/c1-8(2)18-20(17,19-9(3)4)13(16)12-10(14)6-5-7-11(12)15/h5-9,13,16H,1-4H3/t13-/m0/s1. The van der Waals surface area contributed by atoms with E-state index < -0.39 is 42.8 Å². The highest BCUT2D eigenvalue weighted by Gasteiger charge is 2.40. The van der Waals surface area contributed by atoms with Crippen LogP contribution in [0.15, 0.2) is 18.2 Å². The fraction of sp³-hybridized carbons (Fsp3) is 0.538. The van der Waals surface area contributed by atoms with Gasteiger partial charge in [0.05, 0.1) is 17.8 Å². The molecule has 0 bridgehead atoms. The summed E-state index contributed by atoms with van der Waals surface area (Å²) in [5.74, 6) is -4.02. The molecule has 4 nitrogen and oxygen atoms in total. The molecular formula is C13H19F2O4P. The van der Waals surface area contributed by atoms with E-state index in [9.17, 15) is 18.5 Å². The minimum Gasteiger partial charge on any atom is -0.376 e.